The lowest BCUT2D eigenvalue weighted by molar-refractivity contribution is 0.735. The molecule has 1 rings (SSSR count). The van der Waals surface area contributed by atoms with Crippen LogP contribution in [0.4, 0.5) is 0 Å². The Morgan fingerprint density at radius 1 is 1.64 bits per heavy atom. The van der Waals surface area contributed by atoms with Crippen LogP contribution in [0, 0.1) is 5.92 Å². The molecule has 0 amide bonds. The lowest BCUT2D eigenvalue weighted by Crippen LogP contribution is -2.00. The number of rotatable bonds is 3. The van der Waals surface area contributed by atoms with E-state index in [4.69, 9.17) is 0 Å². The Labute approximate surface area is 74.8 Å². The summed E-state index contributed by atoms with van der Waals surface area (Å²) in [5.41, 5.74) is 1.51. The first-order chi connectivity index (χ1) is 5.36. The molecule has 0 radical (unpaired) electrons. The molecule has 1 aliphatic carbocycles. The van der Waals surface area contributed by atoms with Crippen LogP contribution in [0.3, 0.4) is 0 Å². The molecule has 0 aromatic carbocycles. The summed E-state index contributed by atoms with van der Waals surface area (Å²) < 4.78 is 0. The van der Waals surface area contributed by atoms with E-state index in [1.54, 1.807) is 0 Å². The second kappa shape index (κ2) is 4.66. The molecule has 1 atom stereocenters. The summed E-state index contributed by atoms with van der Waals surface area (Å²) in [5, 5.41) is 0. The van der Waals surface area contributed by atoms with Crippen molar-refractivity contribution in [3.63, 3.8) is 0 Å². The van der Waals surface area contributed by atoms with E-state index in [1.807, 2.05) is 0 Å². The Morgan fingerprint density at radius 3 is 2.91 bits per heavy atom. The maximum Gasteiger partial charge on any atom is -0.00317 e. The zero-order valence-corrected chi connectivity index (χ0v) is 7.98. The first-order valence-electron chi connectivity index (χ1n) is 4.35. The largest absolute Gasteiger partial charge is 0.179 e. The van der Waals surface area contributed by atoms with E-state index >= 15 is 0 Å². The Morgan fingerprint density at radius 2 is 2.45 bits per heavy atom. The van der Waals surface area contributed by atoms with E-state index in [0.717, 1.165) is 5.75 Å². The lowest BCUT2D eigenvalue weighted by Gasteiger charge is -2.12. The zero-order valence-electron chi connectivity index (χ0n) is 7.09. The standard InChI is InChI=1S/C10H16S/c1-2-3-9-4-6-10(8-11)7-5-9/h4-6,10-11H,2-3,7-8H2,1H3. The Hall–Kier alpha value is -0.170. The predicted molar refractivity (Wildman–Crippen MR) is 54.1 cm³/mol. The summed E-state index contributed by atoms with van der Waals surface area (Å²) >= 11 is 4.26. The molecule has 0 bridgehead atoms. The highest BCUT2D eigenvalue weighted by molar-refractivity contribution is 7.80. The van der Waals surface area contributed by atoms with Gasteiger partial charge in [0, 0.05) is 0 Å². The minimum atomic E-state index is 0.680. The van der Waals surface area contributed by atoms with Crippen molar-refractivity contribution in [3.05, 3.63) is 23.8 Å². The molecule has 0 spiro atoms. The molecule has 0 saturated carbocycles. The highest BCUT2D eigenvalue weighted by atomic mass is 32.1. The maximum absolute atomic E-state index is 4.26. The van der Waals surface area contributed by atoms with Gasteiger partial charge in [0.1, 0.15) is 0 Å². The summed E-state index contributed by atoms with van der Waals surface area (Å²) in [4.78, 5) is 0. The molecular formula is C10H16S. The van der Waals surface area contributed by atoms with Crippen molar-refractivity contribution < 1.29 is 0 Å². The molecule has 11 heavy (non-hydrogen) atoms. The van der Waals surface area contributed by atoms with Gasteiger partial charge in [0.15, 0.2) is 0 Å². The average molecular weight is 168 g/mol. The zero-order chi connectivity index (χ0) is 8.10. The van der Waals surface area contributed by atoms with Crippen molar-refractivity contribution in [2.24, 2.45) is 5.92 Å². The quantitative estimate of drug-likeness (QED) is 0.615. The summed E-state index contributed by atoms with van der Waals surface area (Å²) in [6, 6.07) is 0. The van der Waals surface area contributed by atoms with Gasteiger partial charge >= 0.3 is 0 Å². The van der Waals surface area contributed by atoms with Crippen molar-refractivity contribution in [2.45, 2.75) is 26.2 Å². The molecule has 1 unspecified atom stereocenters. The Bertz CT molecular complexity index is 168. The summed E-state index contributed by atoms with van der Waals surface area (Å²) in [6.45, 7) is 2.22. The van der Waals surface area contributed by atoms with Crippen LogP contribution in [0.25, 0.3) is 0 Å². The van der Waals surface area contributed by atoms with Crippen LogP contribution in [0.5, 0.6) is 0 Å². The molecule has 0 fully saturated rings. The number of hydrogen-bond acceptors (Lipinski definition) is 1. The minimum absolute atomic E-state index is 0.680. The first kappa shape index (κ1) is 8.92. The fourth-order valence-corrected chi connectivity index (χ4v) is 1.59. The number of allylic oxidation sites excluding steroid dienone is 4. The monoisotopic (exact) mass is 168 g/mol. The molecule has 0 aliphatic heterocycles. The molecular weight excluding hydrogens is 152 g/mol. The Kier molecular flexibility index (Phi) is 3.78. The van der Waals surface area contributed by atoms with E-state index in [1.165, 1.54) is 24.8 Å². The van der Waals surface area contributed by atoms with Gasteiger partial charge in [-0.3, -0.25) is 0 Å². The third-order valence-electron chi connectivity index (χ3n) is 2.04. The SMILES string of the molecule is CCCC1=CCC(CS)C=C1. The van der Waals surface area contributed by atoms with Crippen LogP contribution in [0.2, 0.25) is 0 Å². The second-order valence-electron chi connectivity index (χ2n) is 3.07. The maximum atomic E-state index is 4.26. The van der Waals surface area contributed by atoms with Crippen molar-refractivity contribution in [1.29, 1.82) is 0 Å². The highest BCUT2D eigenvalue weighted by Crippen LogP contribution is 2.19. The molecule has 62 valence electrons. The van der Waals surface area contributed by atoms with Gasteiger partial charge in [-0.1, -0.05) is 37.1 Å². The van der Waals surface area contributed by atoms with Crippen LogP contribution in [-0.4, -0.2) is 5.75 Å². The minimum Gasteiger partial charge on any atom is -0.179 e. The molecule has 0 aromatic heterocycles. The fourth-order valence-electron chi connectivity index (χ4n) is 1.32. The topological polar surface area (TPSA) is 0 Å². The van der Waals surface area contributed by atoms with Crippen molar-refractivity contribution in [1.82, 2.24) is 0 Å². The van der Waals surface area contributed by atoms with Gasteiger partial charge in [0.2, 0.25) is 0 Å². The van der Waals surface area contributed by atoms with E-state index in [9.17, 15) is 0 Å². The van der Waals surface area contributed by atoms with Gasteiger partial charge in [0.25, 0.3) is 0 Å². The van der Waals surface area contributed by atoms with Crippen LogP contribution >= 0.6 is 12.6 Å². The van der Waals surface area contributed by atoms with Crippen molar-refractivity contribution >= 4 is 12.6 Å². The number of thiol groups is 1. The van der Waals surface area contributed by atoms with Crippen LogP contribution in [0.1, 0.15) is 26.2 Å². The number of hydrogen-bond donors (Lipinski definition) is 1. The van der Waals surface area contributed by atoms with Crippen LogP contribution in [0.15, 0.2) is 23.8 Å². The van der Waals surface area contributed by atoms with Gasteiger partial charge in [-0.15, -0.1) is 0 Å². The van der Waals surface area contributed by atoms with Gasteiger partial charge < -0.3 is 0 Å². The third-order valence-corrected chi connectivity index (χ3v) is 2.51. The normalized spacial score (nSPS) is 23.5. The van der Waals surface area contributed by atoms with Gasteiger partial charge in [-0.2, -0.15) is 12.6 Å². The summed E-state index contributed by atoms with van der Waals surface area (Å²) in [6.07, 6.45) is 10.6. The lowest BCUT2D eigenvalue weighted by atomic mass is 9.96. The van der Waals surface area contributed by atoms with Gasteiger partial charge in [-0.25, -0.2) is 0 Å². The van der Waals surface area contributed by atoms with E-state index in [2.05, 4.69) is 37.8 Å². The molecule has 0 nitrogen and oxygen atoms in total. The third kappa shape index (κ3) is 2.74. The second-order valence-corrected chi connectivity index (χ2v) is 3.43. The molecule has 0 aromatic rings. The molecule has 0 saturated heterocycles. The van der Waals surface area contributed by atoms with Gasteiger partial charge in [0.05, 0.1) is 0 Å². The molecule has 1 aliphatic rings. The first-order valence-corrected chi connectivity index (χ1v) is 4.98. The van der Waals surface area contributed by atoms with Gasteiger partial charge in [-0.05, 0) is 24.5 Å². The van der Waals surface area contributed by atoms with E-state index < -0.39 is 0 Å². The summed E-state index contributed by atoms with van der Waals surface area (Å²) in [5.74, 6) is 1.66. The molecule has 0 N–H and O–H groups in total. The molecule has 0 heterocycles. The highest BCUT2D eigenvalue weighted by Gasteiger charge is 2.05. The van der Waals surface area contributed by atoms with Crippen LogP contribution in [-0.2, 0) is 0 Å². The predicted octanol–water partition coefficient (Wildman–Crippen LogP) is 3.22. The molecule has 1 heteroatoms. The van der Waals surface area contributed by atoms with E-state index in [-0.39, 0.29) is 0 Å². The van der Waals surface area contributed by atoms with Crippen molar-refractivity contribution in [2.75, 3.05) is 5.75 Å². The van der Waals surface area contributed by atoms with E-state index in [0.29, 0.717) is 5.92 Å². The smallest absolute Gasteiger partial charge is 0.00317 e. The van der Waals surface area contributed by atoms with Crippen molar-refractivity contribution in [3.8, 4) is 0 Å². The van der Waals surface area contributed by atoms with Crippen LogP contribution < -0.4 is 0 Å². The Balaban J connectivity index is 2.39. The fraction of sp³-hybridized carbons (Fsp3) is 0.600. The average Bonchev–Trinajstić information content (AvgIpc) is 2.07. The summed E-state index contributed by atoms with van der Waals surface area (Å²) in [7, 11) is 0.